The fraction of sp³-hybridized carbons (Fsp3) is 0.533. The van der Waals surface area contributed by atoms with Gasteiger partial charge in [0, 0.05) is 6.54 Å². The van der Waals surface area contributed by atoms with E-state index in [-0.39, 0.29) is 5.91 Å². The highest BCUT2D eigenvalue weighted by atomic mass is 32.2. The highest BCUT2D eigenvalue weighted by molar-refractivity contribution is 7.98. The van der Waals surface area contributed by atoms with Crippen LogP contribution in [0, 0.1) is 6.92 Å². The molecule has 0 heterocycles. The topological polar surface area (TPSA) is 67.2 Å². The van der Waals surface area contributed by atoms with E-state index in [0.29, 0.717) is 11.3 Å². The van der Waals surface area contributed by atoms with Crippen LogP contribution in [0.4, 0.5) is 5.69 Å². The van der Waals surface area contributed by atoms with E-state index in [9.17, 15) is 4.79 Å². The number of unbranched alkanes of at least 4 members (excludes halogenated alkanes) is 3. The molecule has 20 heavy (non-hydrogen) atoms. The zero-order valence-corrected chi connectivity index (χ0v) is 13.2. The molecule has 0 spiro atoms. The van der Waals surface area contributed by atoms with E-state index < -0.39 is 0 Å². The standard InChI is InChI=1S/C15H25N3OS/c1-12-7-8-14(18-16)13(11-12)15(19)17-9-5-3-4-6-10-20-2/h7-8,11,18H,3-6,9-10,16H2,1-2H3,(H,17,19). The molecular weight excluding hydrogens is 270 g/mol. The van der Waals surface area contributed by atoms with Gasteiger partial charge >= 0.3 is 0 Å². The fourth-order valence-corrected chi connectivity index (χ4v) is 2.49. The second-order valence-electron chi connectivity index (χ2n) is 4.86. The lowest BCUT2D eigenvalue weighted by molar-refractivity contribution is 0.0953. The minimum atomic E-state index is -0.0641. The van der Waals surface area contributed by atoms with Gasteiger partial charge in [0.05, 0.1) is 11.3 Å². The number of hydrogen-bond donors (Lipinski definition) is 3. The van der Waals surface area contributed by atoms with E-state index in [2.05, 4.69) is 17.0 Å². The van der Waals surface area contributed by atoms with Crippen molar-refractivity contribution in [1.82, 2.24) is 5.32 Å². The van der Waals surface area contributed by atoms with Crippen molar-refractivity contribution >= 4 is 23.4 Å². The Morgan fingerprint density at radius 3 is 2.70 bits per heavy atom. The van der Waals surface area contributed by atoms with Crippen LogP contribution in [0.3, 0.4) is 0 Å². The van der Waals surface area contributed by atoms with Gasteiger partial charge < -0.3 is 10.7 Å². The average Bonchev–Trinajstić information content (AvgIpc) is 2.46. The quantitative estimate of drug-likeness (QED) is 0.372. The highest BCUT2D eigenvalue weighted by Gasteiger charge is 2.10. The van der Waals surface area contributed by atoms with Gasteiger partial charge in [-0.2, -0.15) is 11.8 Å². The summed E-state index contributed by atoms with van der Waals surface area (Å²) in [6.45, 7) is 2.68. The summed E-state index contributed by atoms with van der Waals surface area (Å²) in [5, 5.41) is 2.95. The lowest BCUT2D eigenvalue weighted by Crippen LogP contribution is -2.26. The van der Waals surface area contributed by atoms with Gasteiger partial charge in [-0.1, -0.05) is 24.5 Å². The molecule has 0 aliphatic heterocycles. The number of nitrogens with two attached hydrogens (primary N) is 1. The van der Waals surface area contributed by atoms with Crippen molar-refractivity contribution in [1.29, 1.82) is 0 Å². The van der Waals surface area contributed by atoms with Crippen LogP contribution < -0.4 is 16.6 Å². The van der Waals surface area contributed by atoms with Crippen molar-refractivity contribution < 1.29 is 4.79 Å². The maximum absolute atomic E-state index is 12.1. The number of carbonyl (C=O) groups is 1. The molecular formula is C15H25N3OS. The molecule has 0 fully saturated rings. The lowest BCUT2D eigenvalue weighted by atomic mass is 10.1. The van der Waals surface area contributed by atoms with Crippen molar-refractivity contribution in [2.45, 2.75) is 32.6 Å². The van der Waals surface area contributed by atoms with Gasteiger partial charge in [0.1, 0.15) is 0 Å². The van der Waals surface area contributed by atoms with Gasteiger partial charge in [0.15, 0.2) is 0 Å². The van der Waals surface area contributed by atoms with Gasteiger partial charge in [-0.25, -0.2) is 0 Å². The van der Waals surface area contributed by atoms with E-state index in [1.54, 1.807) is 0 Å². The van der Waals surface area contributed by atoms with Crippen molar-refractivity contribution in [3.05, 3.63) is 29.3 Å². The number of anilines is 1. The number of nitrogen functional groups attached to an aromatic ring is 1. The third kappa shape index (κ3) is 5.84. The number of benzene rings is 1. The molecule has 0 aliphatic rings. The lowest BCUT2D eigenvalue weighted by Gasteiger charge is -2.10. The molecule has 0 atom stereocenters. The molecule has 1 rings (SSSR count). The first-order chi connectivity index (χ1) is 9.69. The second-order valence-corrected chi connectivity index (χ2v) is 5.84. The van der Waals surface area contributed by atoms with Gasteiger partial charge in [-0.15, -0.1) is 0 Å². The van der Waals surface area contributed by atoms with Crippen LogP contribution in [-0.2, 0) is 0 Å². The molecule has 5 heteroatoms. The number of aryl methyl sites for hydroxylation is 1. The first-order valence-electron chi connectivity index (χ1n) is 7.03. The molecule has 0 radical (unpaired) electrons. The molecule has 0 bridgehead atoms. The molecule has 1 aromatic rings. The highest BCUT2D eigenvalue weighted by Crippen LogP contribution is 2.16. The van der Waals surface area contributed by atoms with Crippen molar-refractivity contribution in [2.24, 2.45) is 5.84 Å². The molecule has 112 valence electrons. The van der Waals surface area contributed by atoms with Crippen LogP contribution in [0.15, 0.2) is 18.2 Å². The number of thioether (sulfide) groups is 1. The molecule has 0 unspecified atom stereocenters. The summed E-state index contributed by atoms with van der Waals surface area (Å²) in [5.41, 5.74) is 4.88. The van der Waals surface area contributed by atoms with Gasteiger partial charge in [-0.3, -0.25) is 10.6 Å². The summed E-state index contributed by atoms with van der Waals surface area (Å²) < 4.78 is 0. The van der Waals surface area contributed by atoms with Crippen molar-refractivity contribution in [2.75, 3.05) is 24.0 Å². The summed E-state index contributed by atoms with van der Waals surface area (Å²) in [4.78, 5) is 12.1. The number of nitrogens with one attached hydrogen (secondary N) is 2. The monoisotopic (exact) mass is 295 g/mol. The number of carbonyl (C=O) groups excluding carboxylic acids is 1. The number of amides is 1. The van der Waals surface area contributed by atoms with E-state index in [1.165, 1.54) is 18.6 Å². The summed E-state index contributed by atoms with van der Waals surface area (Å²) in [7, 11) is 0. The van der Waals surface area contributed by atoms with E-state index in [4.69, 9.17) is 5.84 Å². The minimum Gasteiger partial charge on any atom is -0.352 e. The normalized spacial score (nSPS) is 10.3. The van der Waals surface area contributed by atoms with Crippen molar-refractivity contribution in [3.63, 3.8) is 0 Å². The van der Waals surface area contributed by atoms with Crippen LogP contribution in [0.5, 0.6) is 0 Å². The summed E-state index contributed by atoms with van der Waals surface area (Å²) >= 11 is 1.88. The predicted molar refractivity (Wildman–Crippen MR) is 88.2 cm³/mol. The summed E-state index contributed by atoms with van der Waals surface area (Å²) in [6.07, 6.45) is 6.81. The van der Waals surface area contributed by atoms with Crippen LogP contribution in [0.1, 0.15) is 41.6 Å². The Morgan fingerprint density at radius 2 is 2.00 bits per heavy atom. The summed E-state index contributed by atoms with van der Waals surface area (Å²) in [5.74, 6) is 6.59. The van der Waals surface area contributed by atoms with Crippen LogP contribution >= 0.6 is 11.8 Å². The molecule has 0 aliphatic carbocycles. The van der Waals surface area contributed by atoms with Crippen LogP contribution in [-0.4, -0.2) is 24.5 Å². The smallest absolute Gasteiger partial charge is 0.253 e. The maximum Gasteiger partial charge on any atom is 0.253 e. The van der Waals surface area contributed by atoms with Gasteiger partial charge in [0.2, 0.25) is 0 Å². The molecule has 1 aromatic carbocycles. The predicted octanol–water partition coefficient (Wildman–Crippen LogP) is 2.93. The fourth-order valence-electron chi connectivity index (χ4n) is 1.99. The largest absolute Gasteiger partial charge is 0.352 e. The Labute approximate surface area is 125 Å². The van der Waals surface area contributed by atoms with E-state index >= 15 is 0 Å². The zero-order chi connectivity index (χ0) is 14.8. The first kappa shape index (κ1) is 16.9. The van der Waals surface area contributed by atoms with Gasteiger partial charge in [-0.05, 0) is 43.9 Å². The molecule has 4 N–H and O–H groups in total. The van der Waals surface area contributed by atoms with Crippen LogP contribution in [0.2, 0.25) is 0 Å². The average molecular weight is 295 g/mol. The van der Waals surface area contributed by atoms with E-state index in [0.717, 1.165) is 24.9 Å². The third-order valence-corrected chi connectivity index (χ3v) is 3.83. The Balaban J connectivity index is 2.34. The molecule has 1 amide bonds. The first-order valence-corrected chi connectivity index (χ1v) is 8.43. The molecule has 0 aromatic heterocycles. The summed E-state index contributed by atoms with van der Waals surface area (Å²) in [6, 6.07) is 5.60. The minimum absolute atomic E-state index is 0.0641. The number of rotatable bonds is 9. The van der Waals surface area contributed by atoms with Gasteiger partial charge in [0.25, 0.3) is 5.91 Å². The molecule has 0 saturated carbocycles. The zero-order valence-electron chi connectivity index (χ0n) is 12.4. The van der Waals surface area contributed by atoms with E-state index in [1.807, 2.05) is 36.9 Å². The third-order valence-electron chi connectivity index (χ3n) is 3.14. The number of hydrazine groups is 1. The van der Waals surface area contributed by atoms with Crippen LogP contribution in [0.25, 0.3) is 0 Å². The Kier molecular flexibility index (Phi) is 8.14. The number of hydrogen-bond acceptors (Lipinski definition) is 4. The molecule has 0 saturated heterocycles. The Bertz CT molecular complexity index is 424. The van der Waals surface area contributed by atoms with Crippen molar-refractivity contribution in [3.8, 4) is 0 Å². The second kappa shape index (κ2) is 9.66. The molecule has 4 nitrogen and oxygen atoms in total. The maximum atomic E-state index is 12.1. The Morgan fingerprint density at radius 1 is 1.25 bits per heavy atom. The Hall–Kier alpha value is -1.20. The SMILES string of the molecule is CSCCCCCCNC(=O)c1cc(C)ccc1NN.